The van der Waals surface area contributed by atoms with E-state index in [-0.39, 0.29) is 17.9 Å². The molecule has 0 spiro atoms. The van der Waals surface area contributed by atoms with Crippen LogP contribution in [0.3, 0.4) is 0 Å². The number of aryl methyl sites for hydroxylation is 2. The Morgan fingerprint density at radius 1 is 0.977 bits per heavy atom. The van der Waals surface area contributed by atoms with Crippen molar-refractivity contribution in [2.75, 3.05) is 14.2 Å². The fourth-order valence-corrected chi connectivity index (χ4v) is 5.44. The van der Waals surface area contributed by atoms with E-state index in [0.29, 0.717) is 37.5 Å². The van der Waals surface area contributed by atoms with Crippen molar-refractivity contribution in [3.05, 3.63) is 72.4 Å². The predicted molar refractivity (Wildman–Crippen MR) is 168 cm³/mol. The molecule has 3 heterocycles. The molecule has 10 heteroatoms. The highest BCUT2D eigenvalue weighted by molar-refractivity contribution is 5.85. The first-order chi connectivity index (χ1) is 21.0. The number of aromatic nitrogens is 5. The van der Waals surface area contributed by atoms with E-state index in [1.54, 1.807) is 20.4 Å². The third-order valence-electron chi connectivity index (χ3n) is 7.72. The molecule has 1 atom stereocenters. The average Bonchev–Trinajstić information content (AvgIpc) is 3.67. The Balaban J connectivity index is 1.33. The molecular formula is C33H39N7O3. The van der Waals surface area contributed by atoms with E-state index in [2.05, 4.69) is 37.1 Å². The zero-order valence-electron chi connectivity index (χ0n) is 25.0. The first-order valence-corrected chi connectivity index (χ1v) is 14.9. The Labute approximate surface area is 251 Å². The van der Waals surface area contributed by atoms with Gasteiger partial charge in [0.1, 0.15) is 11.6 Å². The van der Waals surface area contributed by atoms with E-state index >= 15 is 0 Å². The highest BCUT2D eigenvalue weighted by atomic mass is 16.5. The van der Waals surface area contributed by atoms with Gasteiger partial charge in [0.25, 0.3) is 0 Å². The summed E-state index contributed by atoms with van der Waals surface area (Å²) in [4.78, 5) is 42.5. The number of imidazole rings is 2. The molecule has 10 nitrogen and oxygen atoms in total. The number of unbranched alkanes of at least 4 members (excludes halogenated alkanes) is 2. The Morgan fingerprint density at radius 2 is 1.77 bits per heavy atom. The average molecular weight is 582 g/mol. The summed E-state index contributed by atoms with van der Waals surface area (Å²) < 4.78 is 7.74. The molecule has 0 saturated carbocycles. The number of nitrogens with one attached hydrogen (secondary N) is 3. The Bertz CT molecular complexity index is 1710. The van der Waals surface area contributed by atoms with Gasteiger partial charge in [-0.05, 0) is 37.1 Å². The molecule has 5 aromatic rings. The number of benzene rings is 2. The number of rotatable bonds is 14. The number of nitrogens with zero attached hydrogens (tertiary/aromatic N) is 4. The molecule has 0 fully saturated rings. The zero-order valence-corrected chi connectivity index (χ0v) is 25.0. The summed E-state index contributed by atoms with van der Waals surface area (Å²) in [6.07, 6.45) is 6.55. The number of H-pyrrole nitrogens is 1. The van der Waals surface area contributed by atoms with Crippen LogP contribution in [-0.2, 0) is 22.6 Å². The molecule has 224 valence electrons. The van der Waals surface area contributed by atoms with Crippen LogP contribution in [-0.4, -0.2) is 50.5 Å². The molecule has 2 amide bonds. The molecule has 0 bridgehead atoms. The highest BCUT2D eigenvalue weighted by Crippen LogP contribution is 2.31. The van der Waals surface area contributed by atoms with Crippen molar-refractivity contribution in [1.29, 1.82) is 0 Å². The number of para-hydroxylation sites is 3. The van der Waals surface area contributed by atoms with E-state index < -0.39 is 0 Å². The van der Waals surface area contributed by atoms with Gasteiger partial charge in [-0.1, -0.05) is 50.1 Å². The molecule has 0 aliphatic rings. The first kappa shape index (κ1) is 29.8. The maximum Gasteiger partial charge on any atom is 0.223 e. The molecule has 43 heavy (non-hydrogen) atoms. The lowest BCUT2D eigenvalue weighted by atomic mass is 10.1. The summed E-state index contributed by atoms with van der Waals surface area (Å²) in [5.74, 6) is 2.13. The van der Waals surface area contributed by atoms with Crippen LogP contribution in [0, 0.1) is 0 Å². The number of fused-ring (bicyclic) bond motifs is 2. The molecule has 0 aliphatic heterocycles. The Hall–Kier alpha value is -4.73. The molecule has 5 rings (SSSR count). The lowest BCUT2D eigenvalue weighted by Gasteiger charge is -2.18. The van der Waals surface area contributed by atoms with Gasteiger partial charge >= 0.3 is 0 Å². The van der Waals surface area contributed by atoms with Crippen molar-refractivity contribution in [3.8, 4) is 17.1 Å². The number of hydrogen-bond acceptors (Lipinski definition) is 6. The largest absolute Gasteiger partial charge is 0.480 e. The minimum Gasteiger partial charge on any atom is -0.480 e. The van der Waals surface area contributed by atoms with Crippen LogP contribution in [0.15, 0.2) is 60.8 Å². The standard InChI is InChI=1S/C33H39N7O3/c1-4-29-36-25-14-10-11-16-28(25)40(29)19-18-31(42)37-26(15-6-5-7-17-30(41)34-2)32-35-21-27(38-32)23-20-22-12-8-9-13-24(22)39-33(23)43-3/h8-14,16,20-21,26H,4-7,15,17-19H2,1-3H3,(H,34,41)(H,35,38)(H,37,42). The van der Waals surface area contributed by atoms with Gasteiger partial charge in [-0.25, -0.2) is 15.0 Å². The maximum atomic E-state index is 13.3. The van der Waals surface area contributed by atoms with E-state index in [4.69, 9.17) is 9.72 Å². The summed E-state index contributed by atoms with van der Waals surface area (Å²) in [6, 6.07) is 17.6. The predicted octanol–water partition coefficient (Wildman–Crippen LogP) is 5.49. The topological polar surface area (TPSA) is 127 Å². The Kier molecular flexibility index (Phi) is 9.66. The summed E-state index contributed by atoms with van der Waals surface area (Å²) in [7, 11) is 3.26. The van der Waals surface area contributed by atoms with Crippen LogP contribution in [0.25, 0.3) is 33.2 Å². The van der Waals surface area contributed by atoms with Crippen molar-refractivity contribution in [2.45, 2.75) is 64.5 Å². The van der Waals surface area contributed by atoms with Crippen molar-refractivity contribution in [2.24, 2.45) is 0 Å². The molecule has 1 unspecified atom stereocenters. The second kappa shape index (κ2) is 14.0. The van der Waals surface area contributed by atoms with Crippen LogP contribution >= 0.6 is 0 Å². The van der Waals surface area contributed by atoms with Gasteiger partial charge in [-0.2, -0.15) is 0 Å². The summed E-state index contributed by atoms with van der Waals surface area (Å²) >= 11 is 0. The number of pyridine rings is 1. The SMILES string of the molecule is CCc1nc2ccccc2n1CCC(=O)NC(CCCCCC(=O)NC)c1ncc(-c2cc3ccccc3nc2OC)[nH]1. The van der Waals surface area contributed by atoms with Crippen LogP contribution < -0.4 is 15.4 Å². The zero-order chi connectivity index (χ0) is 30.2. The lowest BCUT2D eigenvalue weighted by molar-refractivity contribution is -0.122. The van der Waals surface area contributed by atoms with Gasteiger partial charge in [0.05, 0.1) is 47.2 Å². The molecule has 3 N–H and O–H groups in total. The summed E-state index contributed by atoms with van der Waals surface area (Å²) in [5, 5.41) is 6.88. The smallest absolute Gasteiger partial charge is 0.223 e. The van der Waals surface area contributed by atoms with Crippen molar-refractivity contribution in [1.82, 2.24) is 35.1 Å². The number of hydrogen-bond donors (Lipinski definition) is 3. The molecular weight excluding hydrogens is 542 g/mol. The van der Waals surface area contributed by atoms with Gasteiger partial charge in [-0.15, -0.1) is 0 Å². The van der Waals surface area contributed by atoms with Crippen LogP contribution in [0.4, 0.5) is 0 Å². The van der Waals surface area contributed by atoms with Gasteiger partial charge in [0.15, 0.2) is 0 Å². The summed E-state index contributed by atoms with van der Waals surface area (Å²) in [6.45, 7) is 2.62. The lowest BCUT2D eigenvalue weighted by Crippen LogP contribution is -2.30. The first-order valence-electron chi connectivity index (χ1n) is 14.9. The molecule has 0 saturated heterocycles. The third-order valence-corrected chi connectivity index (χ3v) is 7.72. The van der Waals surface area contributed by atoms with Gasteiger partial charge < -0.3 is 24.9 Å². The van der Waals surface area contributed by atoms with Crippen LogP contribution in [0.2, 0.25) is 0 Å². The van der Waals surface area contributed by atoms with Crippen LogP contribution in [0.5, 0.6) is 5.88 Å². The molecule has 0 radical (unpaired) electrons. The van der Waals surface area contributed by atoms with Crippen molar-refractivity contribution < 1.29 is 14.3 Å². The van der Waals surface area contributed by atoms with Gasteiger partial charge in [0.2, 0.25) is 17.7 Å². The Morgan fingerprint density at radius 3 is 2.56 bits per heavy atom. The second-order valence-corrected chi connectivity index (χ2v) is 10.6. The quantitative estimate of drug-likeness (QED) is 0.149. The number of methoxy groups -OCH3 is 1. The minimum atomic E-state index is -0.314. The third kappa shape index (κ3) is 7.02. The number of carbonyl (C=O) groups is 2. The molecule has 2 aromatic carbocycles. The number of carbonyl (C=O) groups excluding carboxylic acids is 2. The summed E-state index contributed by atoms with van der Waals surface area (Å²) in [5.41, 5.74) is 4.39. The fourth-order valence-electron chi connectivity index (χ4n) is 5.44. The maximum absolute atomic E-state index is 13.3. The van der Waals surface area contributed by atoms with Crippen LogP contribution in [0.1, 0.15) is 63.1 Å². The number of ether oxygens (including phenoxy) is 1. The minimum absolute atomic E-state index is 0.0388. The van der Waals surface area contributed by atoms with E-state index in [1.165, 1.54) is 0 Å². The second-order valence-electron chi connectivity index (χ2n) is 10.6. The highest BCUT2D eigenvalue weighted by Gasteiger charge is 2.21. The van der Waals surface area contributed by atoms with Gasteiger partial charge in [0, 0.05) is 38.2 Å². The van der Waals surface area contributed by atoms with Crippen molar-refractivity contribution in [3.63, 3.8) is 0 Å². The monoisotopic (exact) mass is 581 g/mol. The van der Waals surface area contributed by atoms with Crippen molar-refractivity contribution >= 4 is 33.8 Å². The molecule has 3 aromatic heterocycles. The van der Waals surface area contributed by atoms with Gasteiger partial charge in [-0.3, -0.25) is 9.59 Å². The number of aromatic amines is 1. The normalized spacial score (nSPS) is 12.0. The molecule has 0 aliphatic carbocycles. The van der Waals surface area contributed by atoms with E-state index in [9.17, 15) is 9.59 Å². The van der Waals surface area contributed by atoms with E-state index in [0.717, 1.165) is 64.7 Å². The number of amides is 2. The van der Waals surface area contributed by atoms with E-state index in [1.807, 2.05) is 54.6 Å². The fraction of sp³-hybridized carbons (Fsp3) is 0.364.